The van der Waals surface area contributed by atoms with Gasteiger partial charge in [-0.25, -0.2) is 0 Å². The number of pyridine rings is 2. The third kappa shape index (κ3) is 4.54. The van der Waals surface area contributed by atoms with Crippen LogP contribution in [0.25, 0.3) is 39.1 Å². The van der Waals surface area contributed by atoms with Crippen LogP contribution < -0.4 is 4.74 Å². The van der Waals surface area contributed by atoms with Gasteiger partial charge in [-0.05, 0) is 63.9 Å². The Morgan fingerprint density at radius 3 is 2.46 bits per heavy atom. The van der Waals surface area contributed by atoms with Crippen molar-refractivity contribution in [2.45, 2.75) is 20.0 Å². The highest BCUT2D eigenvalue weighted by Crippen LogP contribution is 2.33. The SMILES string of the molecule is CCc1cc(OCc2ccc(-c3ccccc3)c(-c3nnnn3-c3ccncc3)c2)c2ccccc2n1. The Hall–Kier alpha value is -4.91. The molecule has 0 aliphatic heterocycles. The molecule has 0 N–H and O–H groups in total. The van der Waals surface area contributed by atoms with Gasteiger partial charge >= 0.3 is 0 Å². The summed E-state index contributed by atoms with van der Waals surface area (Å²) in [7, 11) is 0. The predicted octanol–water partition coefficient (Wildman–Crippen LogP) is 6.08. The quantitative estimate of drug-likeness (QED) is 0.273. The number of hydrogen-bond acceptors (Lipinski definition) is 6. The van der Waals surface area contributed by atoms with E-state index in [1.54, 1.807) is 17.1 Å². The first-order chi connectivity index (χ1) is 18.3. The van der Waals surface area contributed by atoms with E-state index in [9.17, 15) is 0 Å². The van der Waals surface area contributed by atoms with Crippen LogP contribution in [0.5, 0.6) is 5.75 Å². The molecule has 37 heavy (non-hydrogen) atoms. The summed E-state index contributed by atoms with van der Waals surface area (Å²) in [5.41, 5.74) is 6.84. The van der Waals surface area contributed by atoms with Crippen molar-refractivity contribution in [3.05, 3.63) is 115 Å². The Morgan fingerprint density at radius 1 is 0.811 bits per heavy atom. The fourth-order valence-corrected chi connectivity index (χ4v) is 4.41. The zero-order valence-corrected chi connectivity index (χ0v) is 20.3. The summed E-state index contributed by atoms with van der Waals surface area (Å²) in [6.07, 6.45) is 4.30. The van der Waals surface area contributed by atoms with Crippen molar-refractivity contribution in [3.8, 4) is 34.0 Å². The zero-order valence-electron chi connectivity index (χ0n) is 20.3. The number of fused-ring (bicyclic) bond motifs is 1. The molecular weight excluding hydrogens is 460 g/mol. The van der Waals surface area contributed by atoms with E-state index in [4.69, 9.17) is 9.72 Å². The molecule has 0 aliphatic rings. The first-order valence-corrected chi connectivity index (χ1v) is 12.2. The van der Waals surface area contributed by atoms with Gasteiger partial charge in [-0.3, -0.25) is 9.97 Å². The Kier molecular flexibility index (Phi) is 6.09. The van der Waals surface area contributed by atoms with Gasteiger partial charge in [0.25, 0.3) is 0 Å². The fourth-order valence-electron chi connectivity index (χ4n) is 4.41. The van der Waals surface area contributed by atoms with E-state index in [1.807, 2.05) is 60.7 Å². The summed E-state index contributed by atoms with van der Waals surface area (Å²) in [5.74, 6) is 1.48. The maximum atomic E-state index is 6.37. The van der Waals surface area contributed by atoms with Crippen molar-refractivity contribution < 1.29 is 4.74 Å². The molecule has 3 aromatic heterocycles. The second kappa shape index (κ2) is 9.99. The van der Waals surface area contributed by atoms with Crippen LogP contribution >= 0.6 is 0 Å². The lowest BCUT2D eigenvalue weighted by Gasteiger charge is -2.14. The van der Waals surface area contributed by atoms with Gasteiger partial charge in [-0.15, -0.1) is 5.10 Å². The third-order valence-corrected chi connectivity index (χ3v) is 6.27. The molecule has 0 atom stereocenters. The van der Waals surface area contributed by atoms with Gasteiger partial charge in [0.1, 0.15) is 12.4 Å². The summed E-state index contributed by atoms with van der Waals surface area (Å²) in [6.45, 7) is 2.50. The number of tetrazole rings is 1. The molecule has 0 amide bonds. The first kappa shape index (κ1) is 22.5. The molecule has 3 heterocycles. The average Bonchev–Trinajstić information content (AvgIpc) is 3.46. The van der Waals surface area contributed by atoms with Crippen molar-refractivity contribution in [1.29, 1.82) is 0 Å². The molecule has 0 radical (unpaired) electrons. The zero-order chi connectivity index (χ0) is 25.0. The topological polar surface area (TPSA) is 78.6 Å². The Bertz CT molecular complexity index is 1660. The number of ether oxygens (including phenoxy) is 1. The molecule has 0 bridgehead atoms. The summed E-state index contributed by atoms with van der Waals surface area (Å²) in [5, 5.41) is 13.7. The van der Waals surface area contributed by atoms with E-state index >= 15 is 0 Å². The Balaban J connectivity index is 1.41. The lowest BCUT2D eigenvalue weighted by molar-refractivity contribution is 0.309. The van der Waals surface area contributed by atoms with Crippen LogP contribution in [-0.2, 0) is 13.0 Å². The number of benzene rings is 3. The molecule has 0 aliphatic carbocycles. The number of rotatable bonds is 7. The second-order valence-electron chi connectivity index (χ2n) is 8.64. The molecule has 0 fully saturated rings. The normalized spacial score (nSPS) is 11.1. The third-order valence-electron chi connectivity index (χ3n) is 6.27. The minimum absolute atomic E-state index is 0.399. The molecule has 180 valence electrons. The number of hydrogen-bond donors (Lipinski definition) is 0. The van der Waals surface area contributed by atoms with Gasteiger partial charge < -0.3 is 4.74 Å². The highest BCUT2D eigenvalue weighted by molar-refractivity contribution is 5.85. The van der Waals surface area contributed by atoms with E-state index in [0.29, 0.717) is 12.4 Å². The summed E-state index contributed by atoms with van der Waals surface area (Å²) >= 11 is 0. The molecule has 7 nitrogen and oxygen atoms in total. The minimum atomic E-state index is 0.399. The molecule has 0 saturated carbocycles. The highest BCUT2D eigenvalue weighted by Gasteiger charge is 2.17. The second-order valence-corrected chi connectivity index (χ2v) is 8.64. The van der Waals surface area contributed by atoms with Gasteiger partial charge in [0, 0.05) is 35.1 Å². The number of para-hydroxylation sites is 1. The smallest absolute Gasteiger partial charge is 0.187 e. The maximum absolute atomic E-state index is 6.37. The molecule has 6 rings (SSSR count). The molecule has 7 heteroatoms. The van der Waals surface area contributed by atoms with Crippen molar-refractivity contribution >= 4 is 10.9 Å². The van der Waals surface area contributed by atoms with Crippen LogP contribution in [0.4, 0.5) is 0 Å². The summed E-state index contributed by atoms with van der Waals surface area (Å²) in [4.78, 5) is 8.85. The van der Waals surface area contributed by atoms with Gasteiger partial charge in [-0.2, -0.15) is 4.68 Å². The molecule has 6 aromatic rings. The molecule has 0 unspecified atom stereocenters. The number of nitrogens with zero attached hydrogens (tertiary/aromatic N) is 6. The standard InChI is InChI=1S/C30H24N6O/c1-2-23-19-29(26-10-6-7-11-28(26)32-23)37-20-21-12-13-25(22-8-4-3-5-9-22)27(18-21)30-33-34-35-36(30)24-14-16-31-17-15-24/h3-19H,2,20H2,1H3. The van der Waals surface area contributed by atoms with Crippen molar-refractivity contribution in [1.82, 2.24) is 30.2 Å². The lowest BCUT2D eigenvalue weighted by atomic mass is 9.97. The van der Waals surface area contributed by atoms with E-state index in [1.165, 1.54) is 0 Å². The molecule has 3 aromatic carbocycles. The van der Waals surface area contributed by atoms with Crippen molar-refractivity contribution in [2.24, 2.45) is 0 Å². The summed E-state index contributed by atoms with van der Waals surface area (Å²) < 4.78 is 8.11. The molecule has 0 saturated heterocycles. The summed E-state index contributed by atoms with van der Waals surface area (Å²) in [6, 6.07) is 30.4. The fraction of sp³-hybridized carbons (Fsp3) is 0.100. The number of aryl methyl sites for hydroxylation is 1. The lowest BCUT2D eigenvalue weighted by Crippen LogP contribution is -2.03. The highest BCUT2D eigenvalue weighted by atomic mass is 16.5. The van der Waals surface area contributed by atoms with Crippen molar-refractivity contribution in [2.75, 3.05) is 0 Å². The average molecular weight is 485 g/mol. The first-order valence-electron chi connectivity index (χ1n) is 12.2. The van der Waals surface area contributed by atoms with Crippen LogP contribution in [0, 0.1) is 0 Å². The van der Waals surface area contributed by atoms with Gasteiger partial charge in [0.15, 0.2) is 5.82 Å². The van der Waals surface area contributed by atoms with Crippen molar-refractivity contribution in [3.63, 3.8) is 0 Å². The maximum Gasteiger partial charge on any atom is 0.187 e. The molecule has 0 spiro atoms. The Morgan fingerprint density at radius 2 is 1.62 bits per heavy atom. The van der Waals surface area contributed by atoms with Gasteiger partial charge in [0.2, 0.25) is 0 Å². The van der Waals surface area contributed by atoms with E-state index in [0.717, 1.165) is 56.7 Å². The van der Waals surface area contributed by atoms with Crippen LogP contribution in [0.15, 0.2) is 103 Å². The largest absolute Gasteiger partial charge is 0.488 e. The van der Waals surface area contributed by atoms with Crippen LogP contribution in [-0.4, -0.2) is 30.2 Å². The van der Waals surface area contributed by atoms with E-state index in [-0.39, 0.29) is 0 Å². The monoisotopic (exact) mass is 484 g/mol. The Labute approximate surface area is 214 Å². The van der Waals surface area contributed by atoms with Crippen LogP contribution in [0.3, 0.4) is 0 Å². The van der Waals surface area contributed by atoms with Gasteiger partial charge in [0.05, 0.1) is 11.2 Å². The predicted molar refractivity (Wildman–Crippen MR) is 143 cm³/mol. The van der Waals surface area contributed by atoms with Crippen LogP contribution in [0.2, 0.25) is 0 Å². The van der Waals surface area contributed by atoms with Crippen LogP contribution in [0.1, 0.15) is 18.2 Å². The van der Waals surface area contributed by atoms with E-state index < -0.39 is 0 Å². The minimum Gasteiger partial charge on any atom is -0.488 e. The van der Waals surface area contributed by atoms with Gasteiger partial charge in [-0.1, -0.05) is 61.5 Å². The van der Waals surface area contributed by atoms with E-state index in [2.05, 4.69) is 57.8 Å². The molecular formula is C30H24N6O. The number of aromatic nitrogens is 6.